The summed E-state index contributed by atoms with van der Waals surface area (Å²) in [5.41, 5.74) is 0. The minimum Gasteiger partial charge on any atom is -0.300 e. The summed E-state index contributed by atoms with van der Waals surface area (Å²) in [7, 11) is -3.12. The summed E-state index contributed by atoms with van der Waals surface area (Å²) in [5.74, 6) is 0.102. The Bertz CT molecular complexity index is 306. The van der Waals surface area contributed by atoms with Crippen molar-refractivity contribution < 1.29 is 8.42 Å². The predicted octanol–water partition coefficient (Wildman–Crippen LogP) is -0.867. The molecule has 74 valence electrons. The molecule has 0 radical (unpaired) electrons. The zero-order valence-corrected chi connectivity index (χ0v) is 8.34. The Kier molecular flexibility index (Phi) is 3.25. The third-order valence-corrected chi connectivity index (χ3v) is 3.90. The SMILES string of the molecule is CCS(=O)(=O)N1CCN[C@H](C#N)C1. The van der Waals surface area contributed by atoms with Crippen molar-refractivity contribution in [3.8, 4) is 6.07 Å². The molecule has 1 aliphatic heterocycles. The van der Waals surface area contributed by atoms with Crippen LogP contribution in [0.1, 0.15) is 6.92 Å². The van der Waals surface area contributed by atoms with Crippen LogP contribution in [-0.2, 0) is 10.0 Å². The predicted molar refractivity (Wildman–Crippen MR) is 48.4 cm³/mol. The molecular weight excluding hydrogens is 190 g/mol. The molecule has 1 N–H and O–H groups in total. The summed E-state index contributed by atoms with van der Waals surface area (Å²) in [6.45, 7) is 2.90. The lowest BCUT2D eigenvalue weighted by Gasteiger charge is -2.29. The molecule has 1 rings (SSSR count). The molecule has 1 aliphatic rings. The summed E-state index contributed by atoms with van der Waals surface area (Å²) >= 11 is 0. The van der Waals surface area contributed by atoms with Crippen LogP contribution in [-0.4, -0.2) is 44.2 Å². The minimum absolute atomic E-state index is 0.102. The summed E-state index contributed by atoms with van der Waals surface area (Å²) in [6.07, 6.45) is 0. The van der Waals surface area contributed by atoms with Gasteiger partial charge in [-0.05, 0) is 6.92 Å². The van der Waals surface area contributed by atoms with Crippen LogP contribution in [0, 0.1) is 11.3 Å². The molecule has 6 heteroatoms. The van der Waals surface area contributed by atoms with E-state index in [2.05, 4.69) is 5.32 Å². The highest BCUT2D eigenvalue weighted by Crippen LogP contribution is 2.05. The minimum atomic E-state index is -3.12. The summed E-state index contributed by atoms with van der Waals surface area (Å²) in [4.78, 5) is 0. The van der Waals surface area contributed by atoms with E-state index in [-0.39, 0.29) is 18.3 Å². The number of nitrogens with one attached hydrogen (secondary N) is 1. The van der Waals surface area contributed by atoms with Crippen LogP contribution < -0.4 is 5.32 Å². The van der Waals surface area contributed by atoms with Crippen molar-refractivity contribution in [2.45, 2.75) is 13.0 Å². The second-order valence-electron chi connectivity index (χ2n) is 2.89. The average molecular weight is 203 g/mol. The van der Waals surface area contributed by atoms with Crippen LogP contribution in [0.4, 0.5) is 0 Å². The van der Waals surface area contributed by atoms with E-state index in [4.69, 9.17) is 5.26 Å². The van der Waals surface area contributed by atoms with Gasteiger partial charge in [-0.3, -0.25) is 5.32 Å². The third-order valence-electron chi connectivity index (χ3n) is 2.05. The van der Waals surface area contributed by atoms with Gasteiger partial charge < -0.3 is 0 Å². The number of rotatable bonds is 2. The summed E-state index contributed by atoms with van der Waals surface area (Å²) in [5, 5.41) is 11.5. The fourth-order valence-corrected chi connectivity index (χ4v) is 2.36. The van der Waals surface area contributed by atoms with Crippen LogP contribution in [0.15, 0.2) is 0 Å². The van der Waals surface area contributed by atoms with Crippen molar-refractivity contribution in [1.29, 1.82) is 5.26 Å². The van der Waals surface area contributed by atoms with E-state index < -0.39 is 10.0 Å². The number of nitrogens with zero attached hydrogens (tertiary/aromatic N) is 2. The molecule has 1 saturated heterocycles. The smallest absolute Gasteiger partial charge is 0.213 e. The molecule has 0 spiro atoms. The third kappa shape index (κ3) is 2.40. The largest absolute Gasteiger partial charge is 0.300 e. The molecule has 0 aromatic heterocycles. The van der Waals surface area contributed by atoms with Gasteiger partial charge in [-0.2, -0.15) is 9.57 Å². The number of hydrogen-bond donors (Lipinski definition) is 1. The second-order valence-corrected chi connectivity index (χ2v) is 5.15. The first-order valence-corrected chi connectivity index (χ1v) is 5.82. The molecule has 0 aromatic rings. The van der Waals surface area contributed by atoms with Gasteiger partial charge in [0, 0.05) is 19.6 Å². The first-order valence-electron chi connectivity index (χ1n) is 4.21. The van der Waals surface area contributed by atoms with Gasteiger partial charge in [0.1, 0.15) is 6.04 Å². The molecule has 1 fully saturated rings. The van der Waals surface area contributed by atoms with Gasteiger partial charge in [0.25, 0.3) is 0 Å². The second kappa shape index (κ2) is 4.05. The van der Waals surface area contributed by atoms with Crippen molar-refractivity contribution in [3.63, 3.8) is 0 Å². The highest BCUT2D eigenvalue weighted by atomic mass is 32.2. The maximum Gasteiger partial charge on any atom is 0.213 e. The van der Waals surface area contributed by atoms with Gasteiger partial charge >= 0.3 is 0 Å². The van der Waals surface area contributed by atoms with Crippen LogP contribution in [0.3, 0.4) is 0 Å². The van der Waals surface area contributed by atoms with E-state index in [1.807, 2.05) is 6.07 Å². The Morgan fingerprint density at radius 1 is 1.69 bits per heavy atom. The van der Waals surface area contributed by atoms with Crippen molar-refractivity contribution >= 4 is 10.0 Å². The maximum absolute atomic E-state index is 11.4. The molecular formula is C7H13N3O2S. The number of piperazine rings is 1. The lowest BCUT2D eigenvalue weighted by molar-refractivity contribution is 0.330. The molecule has 0 unspecified atom stereocenters. The zero-order chi connectivity index (χ0) is 9.90. The number of nitriles is 1. The maximum atomic E-state index is 11.4. The van der Waals surface area contributed by atoms with Crippen LogP contribution in [0.5, 0.6) is 0 Å². The number of sulfonamides is 1. The first-order chi connectivity index (χ1) is 6.10. The van der Waals surface area contributed by atoms with Crippen molar-refractivity contribution in [3.05, 3.63) is 0 Å². The van der Waals surface area contributed by atoms with Gasteiger partial charge in [-0.25, -0.2) is 8.42 Å². The van der Waals surface area contributed by atoms with Crippen molar-refractivity contribution in [2.24, 2.45) is 0 Å². The Hall–Kier alpha value is -0.640. The Morgan fingerprint density at radius 3 is 2.92 bits per heavy atom. The molecule has 13 heavy (non-hydrogen) atoms. The van der Waals surface area contributed by atoms with E-state index in [1.165, 1.54) is 4.31 Å². The van der Waals surface area contributed by atoms with Gasteiger partial charge in [0.05, 0.1) is 11.8 Å². The molecule has 0 bridgehead atoms. The summed E-state index contributed by atoms with van der Waals surface area (Å²) < 4.78 is 24.2. The highest BCUT2D eigenvalue weighted by molar-refractivity contribution is 7.89. The molecule has 1 atom stereocenters. The lowest BCUT2D eigenvalue weighted by atomic mass is 10.3. The van der Waals surface area contributed by atoms with Crippen molar-refractivity contribution in [2.75, 3.05) is 25.4 Å². The van der Waals surface area contributed by atoms with E-state index >= 15 is 0 Å². The Labute approximate surface area is 78.4 Å². The molecule has 1 heterocycles. The topological polar surface area (TPSA) is 73.2 Å². The average Bonchev–Trinajstić information content (AvgIpc) is 2.18. The fourth-order valence-electron chi connectivity index (χ4n) is 1.24. The zero-order valence-electron chi connectivity index (χ0n) is 7.52. The van der Waals surface area contributed by atoms with Gasteiger partial charge in [0.15, 0.2) is 0 Å². The molecule has 5 nitrogen and oxygen atoms in total. The Morgan fingerprint density at radius 2 is 2.38 bits per heavy atom. The van der Waals surface area contributed by atoms with Crippen LogP contribution in [0.2, 0.25) is 0 Å². The fraction of sp³-hybridized carbons (Fsp3) is 0.857. The molecule has 0 saturated carbocycles. The number of hydrogen-bond acceptors (Lipinski definition) is 4. The summed E-state index contributed by atoms with van der Waals surface area (Å²) in [6, 6.07) is 1.65. The van der Waals surface area contributed by atoms with Crippen LogP contribution in [0.25, 0.3) is 0 Å². The quantitative estimate of drug-likeness (QED) is 0.633. The van der Waals surface area contributed by atoms with Crippen LogP contribution >= 0.6 is 0 Å². The normalized spacial score (nSPS) is 25.4. The van der Waals surface area contributed by atoms with E-state index in [0.717, 1.165) is 0 Å². The first kappa shape index (κ1) is 10.4. The molecule has 0 aromatic carbocycles. The van der Waals surface area contributed by atoms with Crippen molar-refractivity contribution in [1.82, 2.24) is 9.62 Å². The van der Waals surface area contributed by atoms with E-state index in [0.29, 0.717) is 13.1 Å². The van der Waals surface area contributed by atoms with Gasteiger partial charge in [-0.15, -0.1) is 0 Å². The van der Waals surface area contributed by atoms with E-state index in [9.17, 15) is 8.42 Å². The molecule has 0 aliphatic carbocycles. The van der Waals surface area contributed by atoms with E-state index in [1.54, 1.807) is 6.92 Å². The highest BCUT2D eigenvalue weighted by Gasteiger charge is 2.26. The monoisotopic (exact) mass is 203 g/mol. The lowest BCUT2D eigenvalue weighted by Crippen LogP contribution is -2.52. The van der Waals surface area contributed by atoms with Gasteiger partial charge in [-0.1, -0.05) is 0 Å². The Balaban J connectivity index is 2.68. The standard InChI is InChI=1S/C7H13N3O2S/c1-2-13(11,12)10-4-3-9-7(5-8)6-10/h7,9H,2-4,6H2,1H3/t7-/m1/s1. The van der Waals surface area contributed by atoms with Gasteiger partial charge in [0.2, 0.25) is 10.0 Å². The molecule has 0 amide bonds.